The van der Waals surface area contributed by atoms with E-state index in [1.54, 1.807) is 31.3 Å². The smallest absolute Gasteiger partial charge is 0.265 e. The lowest BCUT2D eigenvalue weighted by Gasteiger charge is -2.10. The van der Waals surface area contributed by atoms with E-state index in [9.17, 15) is 8.42 Å². The third-order valence-electron chi connectivity index (χ3n) is 2.26. The molecule has 0 radical (unpaired) electrons. The summed E-state index contributed by atoms with van der Waals surface area (Å²) in [4.78, 5) is 0.165. The van der Waals surface area contributed by atoms with Crippen LogP contribution in [0.1, 0.15) is 0 Å². The summed E-state index contributed by atoms with van der Waals surface area (Å²) in [7, 11) is -2.01. The number of hydrogen-bond acceptors (Lipinski definition) is 5. The molecule has 2 rings (SSSR count). The zero-order valence-corrected chi connectivity index (χ0v) is 10.5. The van der Waals surface area contributed by atoms with Gasteiger partial charge in [0, 0.05) is 13.2 Å². The Morgan fingerprint density at radius 1 is 1.11 bits per heavy atom. The maximum atomic E-state index is 12.2. The van der Waals surface area contributed by atoms with Crippen LogP contribution in [0.5, 0.6) is 0 Å². The monoisotopic (exact) mass is 264 g/mol. The van der Waals surface area contributed by atoms with Gasteiger partial charge < -0.3 is 5.32 Å². The summed E-state index contributed by atoms with van der Waals surface area (Å²) < 4.78 is 26.7. The molecule has 0 spiro atoms. The summed E-state index contributed by atoms with van der Waals surface area (Å²) in [6.45, 7) is 0. The number of anilines is 2. The molecule has 0 unspecified atom stereocenters. The molecular formula is C11H12N4O2S. The highest BCUT2D eigenvalue weighted by Gasteiger charge is 2.18. The van der Waals surface area contributed by atoms with E-state index in [0.29, 0.717) is 5.69 Å². The maximum absolute atomic E-state index is 12.2. The van der Waals surface area contributed by atoms with Crippen LogP contribution in [0.4, 0.5) is 11.5 Å². The summed E-state index contributed by atoms with van der Waals surface area (Å²) in [5.74, 6) is 0.184. The fourth-order valence-corrected chi connectivity index (χ4v) is 2.67. The van der Waals surface area contributed by atoms with Gasteiger partial charge in [0.2, 0.25) is 0 Å². The summed E-state index contributed by atoms with van der Waals surface area (Å²) in [5, 5.41) is 10.1. The van der Waals surface area contributed by atoms with E-state index >= 15 is 0 Å². The van der Waals surface area contributed by atoms with Gasteiger partial charge in [-0.25, -0.2) is 8.42 Å². The molecule has 1 aromatic heterocycles. The van der Waals surface area contributed by atoms with Crippen LogP contribution in [0.2, 0.25) is 0 Å². The summed E-state index contributed by atoms with van der Waals surface area (Å²) >= 11 is 0. The molecule has 94 valence electrons. The fraction of sp³-hybridized carbons (Fsp3) is 0.0909. The van der Waals surface area contributed by atoms with Gasteiger partial charge in [-0.1, -0.05) is 12.1 Å². The lowest BCUT2D eigenvalue weighted by molar-refractivity contribution is 0.601. The minimum Gasteiger partial charge on any atom is -0.387 e. The molecule has 0 atom stereocenters. The van der Waals surface area contributed by atoms with Crippen molar-refractivity contribution >= 4 is 21.5 Å². The number of hydrogen-bond donors (Lipinski definition) is 2. The van der Waals surface area contributed by atoms with Crippen molar-refractivity contribution in [1.29, 1.82) is 0 Å². The molecule has 18 heavy (non-hydrogen) atoms. The van der Waals surface area contributed by atoms with Crippen LogP contribution in [-0.2, 0) is 10.0 Å². The molecule has 0 saturated heterocycles. The van der Waals surface area contributed by atoms with Crippen molar-refractivity contribution in [3.8, 4) is 0 Å². The second-order valence-electron chi connectivity index (χ2n) is 3.46. The first-order valence-electron chi connectivity index (χ1n) is 5.21. The average molecular weight is 264 g/mol. The second kappa shape index (κ2) is 5.01. The molecule has 1 aromatic carbocycles. The van der Waals surface area contributed by atoms with Gasteiger partial charge in [-0.3, -0.25) is 4.72 Å². The third kappa shape index (κ3) is 2.57. The highest BCUT2D eigenvalue weighted by Crippen LogP contribution is 2.21. The first kappa shape index (κ1) is 12.3. The van der Waals surface area contributed by atoms with E-state index in [4.69, 9.17) is 0 Å². The molecule has 0 aliphatic heterocycles. The van der Waals surface area contributed by atoms with Crippen LogP contribution in [0, 0.1) is 0 Å². The molecule has 0 aliphatic rings. The average Bonchev–Trinajstić information content (AvgIpc) is 2.39. The second-order valence-corrected chi connectivity index (χ2v) is 5.11. The summed E-state index contributed by atoms with van der Waals surface area (Å²) in [6.07, 6.45) is 1.47. The molecule has 0 saturated carbocycles. The molecule has 6 nitrogen and oxygen atoms in total. The van der Waals surface area contributed by atoms with Crippen LogP contribution < -0.4 is 10.0 Å². The van der Waals surface area contributed by atoms with Crippen molar-refractivity contribution in [3.05, 3.63) is 42.6 Å². The quantitative estimate of drug-likeness (QED) is 0.870. The van der Waals surface area contributed by atoms with E-state index in [2.05, 4.69) is 20.2 Å². The first-order chi connectivity index (χ1) is 8.63. The number of sulfonamides is 1. The van der Waals surface area contributed by atoms with Gasteiger partial charge in [0.1, 0.15) is 4.90 Å². The van der Waals surface area contributed by atoms with Gasteiger partial charge in [-0.15, -0.1) is 5.10 Å². The number of rotatable bonds is 4. The van der Waals surface area contributed by atoms with Crippen molar-refractivity contribution in [2.45, 2.75) is 4.90 Å². The van der Waals surface area contributed by atoms with E-state index in [1.165, 1.54) is 18.3 Å². The van der Waals surface area contributed by atoms with Crippen molar-refractivity contribution < 1.29 is 8.42 Å². The van der Waals surface area contributed by atoms with Crippen molar-refractivity contribution in [1.82, 2.24) is 10.2 Å². The van der Waals surface area contributed by atoms with E-state index in [-0.39, 0.29) is 10.7 Å². The molecule has 0 aliphatic carbocycles. The molecule has 0 fully saturated rings. The zero-order valence-electron chi connectivity index (χ0n) is 9.66. The van der Waals surface area contributed by atoms with Gasteiger partial charge >= 0.3 is 0 Å². The molecule has 2 N–H and O–H groups in total. The normalized spacial score (nSPS) is 10.9. The summed E-state index contributed by atoms with van der Waals surface area (Å²) in [5.41, 5.74) is 0.522. The number of nitrogens with one attached hydrogen (secondary N) is 2. The molecule has 1 heterocycles. The SMILES string of the molecule is CNc1ccccc1S(=O)(=O)Nc1cccnn1. The summed E-state index contributed by atoms with van der Waals surface area (Å²) in [6, 6.07) is 9.76. The zero-order chi connectivity index (χ0) is 13.0. The lowest BCUT2D eigenvalue weighted by atomic mass is 10.3. The predicted octanol–water partition coefficient (Wildman–Crippen LogP) is 1.32. The Morgan fingerprint density at radius 2 is 1.89 bits per heavy atom. The van der Waals surface area contributed by atoms with Crippen LogP contribution in [0.15, 0.2) is 47.5 Å². The molecule has 0 bridgehead atoms. The van der Waals surface area contributed by atoms with E-state index in [0.717, 1.165) is 0 Å². The van der Waals surface area contributed by atoms with Gasteiger partial charge in [0.25, 0.3) is 10.0 Å². The number of nitrogens with zero attached hydrogens (tertiary/aromatic N) is 2. The Kier molecular flexibility index (Phi) is 3.42. The highest BCUT2D eigenvalue weighted by molar-refractivity contribution is 7.92. The minimum absolute atomic E-state index is 0.165. The van der Waals surface area contributed by atoms with Gasteiger partial charge in [-0.05, 0) is 24.3 Å². The molecule has 0 amide bonds. The number of aromatic nitrogens is 2. The van der Waals surface area contributed by atoms with Gasteiger partial charge in [0.05, 0.1) is 5.69 Å². The third-order valence-corrected chi connectivity index (χ3v) is 3.67. The highest BCUT2D eigenvalue weighted by atomic mass is 32.2. The van der Waals surface area contributed by atoms with E-state index in [1.807, 2.05) is 0 Å². The lowest BCUT2D eigenvalue weighted by Crippen LogP contribution is -2.15. The predicted molar refractivity (Wildman–Crippen MR) is 68.8 cm³/mol. The number of para-hydroxylation sites is 1. The maximum Gasteiger partial charge on any atom is 0.265 e. The largest absolute Gasteiger partial charge is 0.387 e. The van der Waals surface area contributed by atoms with Gasteiger partial charge in [0.15, 0.2) is 5.82 Å². The van der Waals surface area contributed by atoms with Crippen LogP contribution in [-0.4, -0.2) is 25.7 Å². The molecule has 7 heteroatoms. The molecular weight excluding hydrogens is 252 g/mol. The Hall–Kier alpha value is -2.15. The fourth-order valence-electron chi connectivity index (χ4n) is 1.46. The number of benzene rings is 1. The van der Waals surface area contributed by atoms with Crippen molar-refractivity contribution in [2.75, 3.05) is 17.1 Å². The first-order valence-corrected chi connectivity index (χ1v) is 6.69. The topological polar surface area (TPSA) is 84.0 Å². The van der Waals surface area contributed by atoms with Gasteiger partial charge in [-0.2, -0.15) is 5.10 Å². The Labute approximate surface area is 105 Å². The van der Waals surface area contributed by atoms with Crippen LogP contribution >= 0.6 is 0 Å². The minimum atomic E-state index is -3.67. The standard InChI is InChI=1S/C11H12N4O2S/c1-12-9-5-2-3-6-10(9)18(16,17)15-11-7-4-8-13-14-11/h2-8,12H,1H3,(H,14,15). The molecule has 2 aromatic rings. The van der Waals surface area contributed by atoms with Crippen LogP contribution in [0.25, 0.3) is 0 Å². The van der Waals surface area contributed by atoms with Crippen molar-refractivity contribution in [2.24, 2.45) is 0 Å². The van der Waals surface area contributed by atoms with Crippen LogP contribution in [0.3, 0.4) is 0 Å². The Balaban J connectivity index is 2.37. The Bertz CT molecular complexity index is 629. The van der Waals surface area contributed by atoms with E-state index < -0.39 is 10.0 Å². The Morgan fingerprint density at radius 3 is 2.56 bits per heavy atom. The van der Waals surface area contributed by atoms with Crippen molar-refractivity contribution in [3.63, 3.8) is 0 Å².